The molecular formula is C18H19F3N2O2. The molecule has 0 aliphatic heterocycles. The van der Waals surface area contributed by atoms with Crippen LogP contribution in [0.25, 0.3) is 11.4 Å². The first kappa shape index (κ1) is 18.9. The summed E-state index contributed by atoms with van der Waals surface area (Å²) < 4.78 is 41.0. The molecule has 134 valence electrons. The van der Waals surface area contributed by atoms with E-state index in [2.05, 4.69) is 14.7 Å². The van der Waals surface area contributed by atoms with E-state index >= 15 is 0 Å². The third kappa shape index (κ3) is 4.78. The molecule has 0 spiro atoms. The van der Waals surface area contributed by atoms with Crippen LogP contribution in [0, 0.1) is 5.92 Å². The van der Waals surface area contributed by atoms with Crippen molar-refractivity contribution in [2.75, 3.05) is 0 Å². The third-order valence-electron chi connectivity index (χ3n) is 3.86. The average molecular weight is 352 g/mol. The Labute approximate surface area is 144 Å². The Kier molecular flexibility index (Phi) is 5.77. The van der Waals surface area contributed by atoms with Gasteiger partial charge in [-0.3, -0.25) is 4.79 Å². The standard InChI is InChI=1S/C18H19F3N2O2/c1-4-11(3)16(24)15-12(5-2)10-22-17(23-15)13-7-6-8-14(9-13)25-18(19,20)21/h6-11H,4-5H2,1-3H3. The fraction of sp³-hybridized carbons (Fsp3) is 0.389. The molecule has 25 heavy (non-hydrogen) atoms. The second-order valence-corrected chi connectivity index (χ2v) is 5.67. The van der Waals surface area contributed by atoms with Gasteiger partial charge in [0.2, 0.25) is 0 Å². The molecule has 0 aliphatic carbocycles. The van der Waals surface area contributed by atoms with E-state index < -0.39 is 6.36 Å². The van der Waals surface area contributed by atoms with E-state index in [0.29, 0.717) is 24.1 Å². The highest BCUT2D eigenvalue weighted by Gasteiger charge is 2.31. The molecule has 7 heteroatoms. The van der Waals surface area contributed by atoms with E-state index in [1.165, 1.54) is 18.2 Å². The Hall–Kier alpha value is -2.44. The second-order valence-electron chi connectivity index (χ2n) is 5.67. The smallest absolute Gasteiger partial charge is 0.406 e. The van der Waals surface area contributed by atoms with Crippen LogP contribution >= 0.6 is 0 Å². The minimum Gasteiger partial charge on any atom is -0.406 e. The van der Waals surface area contributed by atoms with Gasteiger partial charge in [0, 0.05) is 17.7 Å². The molecule has 0 fully saturated rings. The van der Waals surface area contributed by atoms with Gasteiger partial charge in [0.15, 0.2) is 11.6 Å². The summed E-state index contributed by atoms with van der Waals surface area (Å²) in [6, 6.07) is 5.39. The minimum atomic E-state index is -4.77. The summed E-state index contributed by atoms with van der Waals surface area (Å²) in [5.74, 6) is -0.446. The number of hydrogen-bond donors (Lipinski definition) is 0. The van der Waals surface area contributed by atoms with Gasteiger partial charge in [-0.25, -0.2) is 9.97 Å². The van der Waals surface area contributed by atoms with Crippen molar-refractivity contribution in [3.63, 3.8) is 0 Å². The highest BCUT2D eigenvalue weighted by molar-refractivity contribution is 5.97. The van der Waals surface area contributed by atoms with E-state index in [0.717, 1.165) is 5.56 Å². The summed E-state index contributed by atoms with van der Waals surface area (Å²) >= 11 is 0. The number of aromatic nitrogens is 2. The van der Waals surface area contributed by atoms with Crippen molar-refractivity contribution in [3.05, 3.63) is 41.7 Å². The molecular weight excluding hydrogens is 333 g/mol. The Balaban J connectivity index is 2.43. The van der Waals surface area contributed by atoms with E-state index in [1.807, 2.05) is 20.8 Å². The average Bonchev–Trinajstić information content (AvgIpc) is 2.58. The van der Waals surface area contributed by atoms with Gasteiger partial charge in [0.25, 0.3) is 0 Å². The summed E-state index contributed by atoms with van der Waals surface area (Å²) in [6.45, 7) is 5.62. The Bertz CT molecular complexity index is 760. The van der Waals surface area contributed by atoms with Crippen LogP contribution in [0.3, 0.4) is 0 Å². The van der Waals surface area contributed by atoms with Crippen LogP contribution in [0.15, 0.2) is 30.5 Å². The highest BCUT2D eigenvalue weighted by Crippen LogP contribution is 2.27. The zero-order valence-corrected chi connectivity index (χ0v) is 14.2. The normalized spacial score (nSPS) is 12.7. The number of halogens is 3. The van der Waals surface area contributed by atoms with E-state index in [9.17, 15) is 18.0 Å². The van der Waals surface area contributed by atoms with Crippen LogP contribution in [0.1, 0.15) is 43.2 Å². The minimum absolute atomic E-state index is 0.0919. The predicted molar refractivity (Wildman–Crippen MR) is 87.3 cm³/mol. The van der Waals surface area contributed by atoms with Gasteiger partial charge < -0.3 is 4.74 Å². The molecule has 0 bridgehead atoms. The number of nitrogens with zero attached hydrogens (tertiary/aromatic N) is 2. The molecule has 1 atom stereocenters. The summed E-state index contributed by atoms with van der Waals surface area (Å²) in [4.78, 5) is 21.0. The fourth-order valence-corrected chi connectivity index (χ4v) is 2.27. The molecule has 0 saturated carbocycles. The molecule has 1 aromatic heterocycles. The van der Waals surface area contributed by atoms with Crippen LogP contribution in [-0.2, 0) is 6.42 Å². The van der Waals surface area contributed by atoms with E-state index in [1.54, 1.807) is 12.3 Å². The molecule has 1 unspecified atom stereocenters. The van der Waals surface area contributed by atoms with Gasteiger partial charge >= 0.3 is 6.36 Å². The number of benzene rings is 1. The lowest BCUT2D eigenvalue weighted by atomic mass is 9.97. The Morgan fingerprint density at radius 1 is 1.28 bits per heavy atom. The molecule has 1 heterocycles. The lowest BCUT2D eigenvalue weighted by molar-refractivity contribution is -0.274. The van der Waals surface area contributed by atoms with Gasteiger partial charge in [0.05, 0.1) is 0 Å². The van der Waals surface area contributed by atoms with Crippen molar-refractivity contribution in [1.29, 1.82) is 0 Å². The number of Topliss-reactive ketones (excluding diaryl/α,β-unsaturated/α-hetero) is 1. The number of rotatable bonds is 6. The van der Waals surface area contributed by atoms with Crippen LogP contribution in [-0.4, -0.2) is 22.1 Å². The zero-order valence-electron chi connectivity index (χ0n) is 14.2. The zero-order chi connectivity index (χ0) is 18.6. The SMILES string of the molecule is CCc1cnc(-c2cccc(OC(F)(F)F)c2)nc1C(=O)C(C)CC. The van der Waals surface area contributed by atoms with Crippen LogP contribution in [0.5, 0.6) is 5.75 Å². The number of ether oxygens (including phenoxy) is 1. The van der Waals surface area contributed by atoms with Crippen LogP contribution in [0.4, 0.5) is 13.2 Å². The fourth-order valence-electron chi connectivity index (χ4n) is 2.27. The number of carbonyl (C=O) groups is 1. The molecule has 2 aromatic rings. The van der Waals surface area contributed by atoms with Gasteiger partial charge in [0.1, 0.15) is 11.4 Å². The molecule has 1 aromatic carbocycles. The molecule has 0 aliphatic rings. The molecule has 4 nitrogen and oxygen atoms in total. The van der Waals surface area contributed by atoms with Crippen molar-refractivity contribution >= 4 is 5.78 Å². The maximum atomic E-state index is 12.5. The van der Waals surface area contributed by atoms with Crippen molar-refractivity contribution in [1.82, 2.24) is 9.97 Å². The lowest BCUT2D eigenvalue weighted by Gasteiger charge is -2.13. The van der Waals surface area contributed by atoms with E-state index in [-0.39, 0.29) is 23.3 Å². The molecule has 0 saturated heterocycles. The topological polar surface area (TPSA) is 52.1 Å². The van der Waals surface area contributed by atoms with Crippen LogP contribution in [0.2, 0.25) is 0 Å². The predicted octanol–water partition coefficient (Wildman–Crippen LogP) is 4.83. The number of ketones is 1. The molecule has 2 rings (SSSR count). The number of hydrogen-bond acceptors (Lipinski definition) is 4. The summed E-state index contributed by atoms with van der Waals surface area (Å²) in [5.41, 5.74) is 1.39. The van der Waals surface area contributed by atoms with Gasteiger partial charge in [-0.2, -0.15) is 0 Å². The summed E-state index contributed by atoms with van der Waals surface area (Å²) in [5, 5.41) is 0. The largest absolute Gasteiger partial charge is 0.573 e. The van der Waals surface area contributed by atoms with Crippen molar-refractivity contribution in [2.45, 2.75) is 40.0 Å². The van der Waals surface area contributed by atoms with Crippen molar-refractivity contribution < 1.29 is 22.7 Å². The summed E-state index contributed by atoms with van der Waals surface area (Å²) in [6.07, 6.45) is -1.95. The number of carbonyl (C=O) groups excluding carboxylic acids is 1. The van der Waals surface area contributed by atoms with E-state index in [4.69, 9.17) is 0 Å². The number of alkyl halides is 3. The molecule has 0 N–H and O–H groups in total. The van der Waals surface area contributed by atoms with Crippen molar-refractivity contribution in [2.24, 2.45) is 5.92 Å². The second kappa shape index (κ2) is 7.63. The van der Waals surface area contributed by atoms with Gasteiger partial charge in [-0.1, -0.05) is 32.9 Å². The lowest BCUT2D eigenvalue weighted by Crippen LogP contribution is -2.17. The van der Waals surface area contributed by atoms with Gasteiger partial charge in [-0.05, 0) is 30.5 Å². The maximum Gasteiger partial charge on any atom is 0.573 e. The first-order chi connectivity index (χ1) is 11.7. The van der Waals surface area contributed by atoms with Crippen LogP contribution < -0.4 is 4.74 Å². The first-order valence-electron chi connectivity index (χ1n) is 8.01. The Morgan fingerprint density at radius 3 is 2.60 bits per heavy atom. The third-order valence-corrected chi connectivity index (χ3v) is 3.86. The van der Waals surface area contributed by atoms with Gasteiger partial charge in [-0.15, -0.1) is 13.2 Å². The molecule has 0 radical (unpaired) electrons. The summed E-state index contributed by atoms with van der Waals surface area (Å²) in [7, 11) is 0. The maximum absolute atomic E-state index is 12.5. The highest BCUT2D eigenvalue weighted by atomic mass is 19.4. The quantitative estimate of drug-likeness (QED) is 0.699. The molecule has 0 amide bonds. The number of aryl methyl sites for hydroxylation is 1. The van der Waals surface area contributed by atoms with Crippen molar-refractivity contribution in [3.8, 4) is 17.1 Å². The first-order valence-corrected chi connectivity index (χ1v) is 8.01. The monoisotopic (exact) mass is 352 g/mol. The Morgan fingerprint density at radius 2 is 2.00 bits per heavy atom.